The number of benzene rings is 3. The van der Waals surface area contributed by atoms with Crippen LogP contribution in [0.1, 0.15) is 28.4 Å². The van der Waals surface area contributed by atoms with Crippen molar-refractivity contribution in [2.45, 2.75) is 32.2 Å². The molecule has 1 N–H and O–H groups in total. The Balaban J connectivity index is 2.02. The Labute approximate surface area is 230 Å². The van der Waals surface area contributed by atoms with Crippen molar-refractivity contribution in [1.82, 2.24) is 14.5 Å². The van der Waals surface area contributed by atoms with E-state index < -0.39 is 59.3 Å². The SMILES string of the molecule is COc1cccc(-c2c(C)n(Cc3c(F)cccc3C(F)(F)F)c(=O)n(C[C@H](NC=O)c3ccccc3)c2=O)c1F. The van der Waals surface area contributed by atoms with Crippen molar-refractivity contribution in [2.24, 2.45) is 0 Å². The molecule has 0 spiro atoms. The average Bonchev–Trinajstić information content (AvgIpc) is 2.94. The molecule has 4 aromatic rings. The Bertz CT molecular complexity index is 1700. The normalized spacial score (nSPS) is 12.2. The number of carbonyl (C=O) groups is 1. The maximum Gasteiger partial charge on any atom is 0.416 e. The van der Waals surface area contributed by atoms with E-state index >= 15 is 4.39 Å². The van der Waals surface area contributed by atoms with Crippen molar-refractivity contribution in [2.75, 3.05) is 7.11 Å². The summed E-state index contributed by atoms with van der Waals surface area (Å²) in [7, 11) is 1.21. The summed E-state index contributed by atoms with van der Waals surface area (Å²) in [5.41, 5.74) is -4.49. The van der Waals surface area contributed by atoms with Crippen LogP contribution in [-0.2, 0) is 24.1 Å². The monoisotopic (exact) mass is 573 g/mol. The Kier molecular flexibility index (Phi) is 8.41. The quantitative estimate of drug-likeness (QED) is 0.230. The van der Waals surface area contributed by atoms with Crippen LogP contribution in [0.3, 0.4) is 0 Å². The number of nitrogens with zero attached hydrogens (tertiary/aromatic N) is 2. The Morgan fingerprint density at radius 2 is 1.63 bits per heavy atom. The number of halogens is 5. The molecule has 4 rings (SSSR count). The lowest BCUT2D eigenvalue weighted by molar-refractivity contribution is -0.138. The van der Waals surface area contributed by atoms with Crippen LogP contribution in [0.5, 0.6) is 5.75 Å². The average molecular weight is 574 g/mol. The fraction of sp³-hybridized carbons (Fsp3) is 0.207. The van der Waals surface area contributed by atoms with E-state index in [2.05, 4.69) is 5.32 Å². The summed E-state index contributed by atoms with van der Waals surface area (Å²) in [6.45, 7) is -0.112. The van der Waals surface area contributed by atoms with Crippen molar-refractivity contribution < 1.29 is 31.5 Å². The van der Waals surface area contributed by atoms with Crippen LogP contribution in [0.2, 0.25) is 0 Å². The molecule has 41 heavy (non-hydrogen) atoms. The van der Waals surface area contributed by atoms with Gasteiger partial charge in [0.1, 0.15) is 5.82 Å². The number of rotatable bonds is 9. The number of nitrogens with one attached hydrogen (secondary N) is 1. The number of hydrogen-bond donors (Lipinski definition) is 1. The minimum absolute atomic E-state index is 0.195. The summed E-state index contributed by atoms with van der Waals surface area (Å²) in [6, 6.07) is 13.7. The second kappa shape index (κ2) is 11.8. The highest BCUT2D eigenvalue weighted by Crippen LogP contribution is 2.34. The van der Waals surface area contributed by atoms with Gasteiger partial charge in [-0.15, -0.1) is 0 Å². The first-order valence-corrected chi connectivity index (χ1v) is 12.3. The zero-order chi connectivity index (χ0) is 29.9. The third kappa shape index (κ3) is 5.76. The summed E-state index contributed by atoms with van der Waals surface area (Å²) in [4.78, 5) is 38.9. The predicted octanol–water partition coefficient (Wildman–Crippen LogP) is 4.83. The lowest BCUT2D eigenvalue weighted by Crippen LogP contribution is -2.45. The van der Waals surface area contributed by atoms with Crippen LogP contribution in [0.25, 0.3) is 11.1 Å². The number of methoxy groups -OCH3 is 1. The zero-order valence-electron chi connectivity index (χ0n) is 21.8. The van der Waals surface area contributed by atoms with Crippen LogP contribution in [-0.4, -0.2) is 22.7 Å². The lowest BCUT2D eigenvalue weighted by atomic mass is 10.0. The van der Waals surface area contributed by atoms with Gasteiger partial charge in [0, 0.05) is 16.8 Å². The van der Waals surface area contributed by atoms with Gasteiger partial charge in [-0.1, -0.05) is 48.5 Å². The minimum atomic E-state index is -4.95. The summed E-state index contributed by atoms with van der Waals surface area (Å²) in [6.07, 6.45) is -4.58. The highest BCUT2D eigenvalue weighted by atomic mass is 19.4. The number of aromatic nitrogens is 2. The Morgan fingerprint density at radius 3 is 2.27 bits per heavy atom. The first-order valence-electron chi connectivity index (χ1n) is 12.3. The van der Waals surface area contributed by atoms with Gasteiger partial charge in [-0.3, -0.25) is 18.7 Å². The van der Waals surface area contributed by atoms with Gasteiger partial charge in [-0.2, -0.15) is 13.2 Å². The number of hydrogen-bond acceptors (Lipinski definition) is 4. The summed E-state index contributed by atoms with van der Waals surface area (Å²) < 4.78 is 78.1. The molecule has 0 saturated heterocycles. The van der Waals surface area contributed by atoms with Crippen LogP contribution >= 0.6 is 0 Å². The van der Waals surface area contributed by atoms with Gasteiger partial charge in [0.25, 0.3) is 5.56 Å². The van der Waals surface area contributed by atoms with Gasteiger partial charge in [0.15, 0.2) is 11.6 Å². The molecule has 0 aliphatic rings. The number of carbonyl (C=O) groups excluding carboxylic acids is 1. The first-order chi connectivity index (χ1) is 19.5. The van der Waals surface area contributed by atoms with E-state index in [1.165, 1.54) is 32.2 Å². The number of ether oxygens (including phenoxy) is 1. The molecule has 0 radical (unpaired) electrons. The third-order valence-corrected chi connectivity index (χ3v) is 6.72. The Morgan fingerprint density at radius 1 is 0.951 bits per heavy atom. The minimum Gasteiger partial charge on any atom is -0.494 e. The van der Waals surface area contributed by atoms with Gasteiger partial charge in [-0.05, 0) is 30.7 Å². The van der Waals surface area contributed by atoms with Gasteiger partial charge >= 0.3 is 11.9 Å². The summed E-state index contributed by atoms with van der Waals surface area (Å²) >= 11 is 0. The summed E-state index contributed by atoms with van der Waals surface area (Å²) in [5.74, 6) is -2.38. The molecular weight excluding hydrogens is 549 g/mol. The zero-order valence-corrected chi connectivity index (χ0v) is 21.8. The third-order valence-electron chi connectivity index (χ3n) is 6.72. The highest BCUT2D eigenvalue weighted by Gasteiger charge is 2.35. The highest BCUT2D eigenvalue weighted by molar-refractivity contribution is 5.67. The molecule has 0 fully saturated rings. The van der Waals surface area contributed by atoms with Crippen molar-refractivity contribution in [3.63, 3.8) is 0 Å². The van der Waals surface area contributed by atoms with E-state index in [-0.39, 0.29) is 22.6 Å². The lowest BCUT2D eigenvalue weighted by Gasteiger charge is -2.22. The molecule has 1 amide bonds. The molecule has 3 aromatic carbocycles. The van der Waals surface area contributed by atoms with E-state index in [4.69, 9.17) is 4.74 Å². The molecule has 0 aliphatic heterocycles. The van der Waals surface area contributed by atoms with Gasteiger partial charge in [0.05, 0.1) is 37.4 Å². The smallest absolute Gasteiger partial charge is 0.416 e. The number of alkyl halides is 3. The second-order valence-corrected chi connectivity index (χ2v) is 9.08. The number of amides is 1. The fourth-order valence-corrected chi connectivity index (χ4v) is 4.67. The molecule has 0 aliphatic carbocycles. The first kappa shape index (κ1) is 29.2. The van der Waals surface area contributed by atoms with Crippen molar-refractivity contribution >= 4 is 6.41 Å². The second-order valence-electron chi connectivity index (χ2n) is 9.08. The van der Waals surface area contributed by atoms with Crippen molar-refractivity contribution in [3.05, 3.63) is 122 Å². The van der Waals surface area contributed by atoms with Crippen molar-refractivity contribution in [3.8, 4) is 16.9 Å². The molecule has 214 valence electrons. The van der Waals surface area contributed by atoms with Gasteiger partial charge in [0.2, 0.25) is 6.41 Å². The van der Waals surface area contributed by atoms with E-state index in [0.29, 0.717) is 22.6 Å². The maximum atomic E-state index is 15.4. The molecule has 12 heteroatoms. The molecule has 1 atom stereocenters. The topological polar surface area (TPSA) is 82.3 Å². The predicted molar refractivity (Wildman–Crippen MR) is 141 cm³/mol. The molecule has 1 aromatic heterocycles. The molecule has 0 bridgehead atoms. The summed E-state index contributed by atoms with van der Waals surface area (Å²) in [5, 5.41) is 2.52. The van der Waals surface area contributed by atoms with Gasteiger partial charge in [-0.25, -0.2) is 13.6 Å². The molecule has 7 nitrogen and oxygen atoms in total. The Hall–Kier alpha value is -4.74. The standard InChI is InChI=1S/C29H24F5N3O4/c1-17-25(19-10-6-13-24(41-2)26(19)31)27(39)37(15-23(35-16-38)18-8-4-3-5-9-18)28(40)36(17)14-20-21(29(32,33)34)11-7-12-22(20)30/h3-13,16,23H,14-15H2,1-2H3,(H,35,38)/t23-/m0/s1. The van der Waals surface area contributed by atoms with E-state index in [1.807, 2.05) is 0 Å². The van der Waals surface area contributed by atoms with E-state index in [0.717, 1.165) is 16.7 Å². The molecule has 0 unspecified atom stereocenters. The van der Waals surface area contributed by atoms with E-state index in [9.17, 15) is 31.9 Å². The largest absolute Gasteiger partial charge is 0.494 e. The van der Waals surface area contributed by atoms with Crippen molar-refractivity contribution in [1.29, 1.82) is 0 Å². The van der Waals surface area contributed by atoms with Crippen LogP contribution in [0.15, 0.2) is 76.3 Å². The maximum absolute atomic E-state index is 15.4. The molecule has 1 heterocycles. The van der Waals surface area contributed by atoms with E-state index in [1.54, 1.807) is 30.3 Å². The molecule has 0 saturated carbocycles. The van der Waals surface area contributed by atoms with Crippen LogP contribution < -0.4 is 21.3 Å². The molecular formula is C29H24F5N3O4. The fourth-order valence-electron chi connectivity index (χ4n) is 4.67. The van der Waals surface area contributed by atoms with Gasteiger partial charge < -0.3 is 10.1 Å². The van der Waals surface area contributed by atoms with Crippen LogP contribution in [0.4, 0.5) is 22.0 Å². The van der Waals surface area contributed by atoms with Crippen LogP contribution in [0, 0.1) is 18.6 Å².